The molecule has 1 N–H and O–H groups in total. The van der Waals surface area contributed by atoms with Crippen molar-refractivity contribution in [3.8, 4) is 5.75 Å². The predicted molar refractivity (Wildman–Crippen MR) is 101 cm³/mol. The molecule has 28 heavy (non-hydrogen) atoms. The third kappa shape index (κ3) is 4.92. The molecule has 0 bridgehead atoms. The summed E-state index contributed by atoms with van der Waals surface area (Å²) in [5, 5.41) is 2.56. The molecular weight excluding hydrogens is 366 g/mol. The van der Waals surface area contributed by atoms with Crippen LogP contribution in [0.25, 0.3) is 0 Å². The van der Waals surface area contributed by atoms with Gasteiger partial charge in [-0.25, -0.2) is 8.78 Å². The van der Waals surface area contributed by atoms with Crippen molar-refractivity contribution >= 4 is 17.4 Å². The molecule has 1 heterocycles. The number of amides is 1. The highest BCUT2D eigenvalue weighted by atomic mass is 19.2. The molecule has 148 valence electrons. The highest BCUT2D eigenvalue weighted by Crippen LogP contribution is 2.23. The molecule has 1 aliphatic rings. The number of ketones is 1. The van der Waals surface area contributed by atoms with Crippen LogP contribution < -0.4 is 10.1 Å². The van der Waals surface area contributed by atoms with Crippen LogP contribution in [0, 0.1) is 17.6 Å². The molecule has 0 spiro atoms. The van der Waals surface area contributed by atoms with Crippen LogP contribution in [0.15, 0.2) is 42.5 Å². The van der Waals surface area contributed by atoms with Crippen LogP contribution in [0.2, 0.25) is 0 Å². The second-order valence-corrected chi connectivity index (χ2v) is 6.82. The zero-order valence-electron chi connectivity index (χ0n) is 15.6. The van der Waals surface area contributed by atoms with E-state index in [4.69, 9.17) is 4.74 Å². The van der Waals surface area contributed by atoms with E-state index in [1.807, 2.05) is 4.90 Å². The second-order valence-electron chi connectivity index (χ2n) is 6.82. The molecule has 1 saturated heterocycles. The van der Waals surface area contributed by atoms with Gasteiger partial charge in [0.2, 0.25) is 5.91 Å². The molecule has 1 aliphatic heterocycles. The highest BCUT2D eigenvalue weighted by molar-refractivity contribution is 5.98. The molecule has 5 nitrogen and oxygen atoms in total. The Hall–Kier alpha value is -2.80. The van der Waals surface area contributed by atoms with Crippen LogP contribution in [-0.4, -0.2) is 43.3 Å². The average molecular weight is 388 g/mol. The summed E-state index contributed by atoms with van der Waals surface area (Å²) in [5.74, 6) is -1.52. The van der Waals surface area contributed by atoms with E-state index in [-0.39, 0.29) is 29.8 Å². The Bertz CT molecular complexity index is 847. The maximum Gasteiger partial charge on any atom is 0.238 e. The van der Waals surface area contributed by atoms with Gasteiger partial charge < -0.3 is 10.1 Å². The Balaban J connectivity index is 1.48. The molecule has 0 aliphatic carbocycles. The number of likely N-dealkylation sites (tertiary alicyclic amines) is 1. The minimum atomic E-state index is -1.00. The molecule has 2 aromatic carbocycles. The van der Waals surface area contributed by atoms with E-state index in [1.54, 1.807) is 31.4 Å². The first kappa shape index (κ1) is 19.9. The zero-order valence-corrected chi connectivity index (χ0v) is 15.6. The summed E-state index contributed by atoms with van der Waals surface area (Å²) in [7, 11) is 1.58. The van der Waals surface area contributed by atoms with Gasteiger partial charge in [0.25, 0.3) is 0 Å². The molecule has 1 fully saturated rings. The molecule has 0 atom stereocenters. The number of rotatable bonds is 6. The van der Waals surface area contributed by atoms with Gasteiger partial charge in [-0.2, -0.15) is 0 Å². The average Bonchev–Trinajstić information content (AvgIpc) is 2.71. The van der Waals surface area contributed by atoms with Crippen LogP contribution in [0.5, 0.6) is 5.75 Å². The highest BCUT2D eigenvalue weighted by Gasteiger charge is 2.26. The first-order valence-corrected chi connectivity index (χ1v) is 9.12. The van der Waals surface area contributed by atoms with Crippen molar-refractivity contribution in [1.29, 1.82) is 0 Å². The van der Waals surface area contributed by atoms with E-state index in [2.05, 4.69) is 5.32 Å². The molecule has 0 unspecified atom stereocenters. The lowest BCUT2D eigenvalue weighted by molar-refractivity contribution is -0.117. The number of nitrogens with one attached hydrogen (secondary N) is 1. The van der Waals surface area contributed by atoms with E-state index in [1.165, 1.54) is 6.07 Å². The number of methoxy groups -OCH3 is 1. The number of carbonyl (C=O) groups excluding carboxylic acids is 2. The maximum atomic E-state index is 13.2. The van der Waals surface area contributed by atoms with Gasteiger partial charge in [0.1, 0.15) is 5.75 Å². The van der Waals surface area contributed by atoms with Crippen LogP contribution in [0.1, 0.15) is 23.2 Å². The van der Waals surface area contributed by atoms with Crippen molar-refractivity contribution in [2.24, 2.45) is 5.92 Å². The van der Waals surface area contributed by atoms with Crippen LogP contribution in [-0.2, 0) is 4.79 Å². The number of anilines is 1. The summed E-state index contributed by atoms with van der Waals surface area (Å²) in [6, 6.07) is 10.3. The molecule has 1 amide bonds. The summed E-state index contributed by atoms with van der Waals surface area (Å²) in [6.07, 6.45) is 1.34. The molecule has 3 rings (SSSR count). The number of carbonyl (C=O) groups is 2. The topological polar surface area (TPSA) is 58.6 Å². The largest absolute Gasteiger partial charge is 0.497 e. The monoisotopic (exact) mass is 388 g/mol. The molecule has 2 aromatic rings. The Labute approximate surface area is 162 Å². The van der Waals surface area contributed by atoms with Gasteiger partial charge in [-0.3, -0.25) is 14.5 Å². The smallest absolute Gasteiger partial charge is 0.238 e. The second kappa shape index (κ2) is 8.93. The third-order valence-electron chi connectivity index (χ3n) is 4.90. The van der Waals surface area contributed by atoms with E-state index in [0.717, 1.165) is 12.1 Å². The lowest BCUT2D eigenvalue weighted by atomic mass is 9.89. The fourth-order valence-electron chi connectivity index (χ4n) is 3.32. The van der Waals surface area contributed by atoms with Crippen molar-refractivity contribution in [3.05, 3.63) is 59.7 Å². The lowest BCUT2D eigenvalue weighted by Gasteiger charge is -2.30. The Morgan fingerprint density at radius 3 is 2.36 bits per heavy atom. The maximum absolute atomic E-state index is 13.2. The first-order chi connectivity index (χ1) is 13.5. The van der Waals surface area contributed by atoms with Gasteiger partial charge in [-0.15, -0.1) is 0 Å². The number of nitrogens with zero attached hydrogens (tertiary/aromatic N) is 1. The van der Waals surface area contributed by atoms with Gasteiger partial charge in [-0.05, 0) is 62.3 Å². The van der Waals surface area contributed by atoms with Crippen molar-refractivity contribution in [3.63, 3.8) is 0 Å². The number of hydrogen-bond donors (Lipinski definition) is 1. The first-order valence-electron chi connectivity index (χ1n) is 9.12. The van der Waals surface area contributed by atoms with Crippen LogP contribution in [0.3, 0.4) is 0 Å². The summed E-state index contributed by atoms with van der Waals surface area (Å²) >= 11 is 0. The summed E-state index contributed by atoms with van der Waals surface area (Å²) in [4.78, 5) is 26.7. The molecule has 0 aromatic heterocycles. The van der Waals surface area contributed by atoms with Gasteiger partial charge >= 0.3 is 0 Å². The van der Waals surface area contributed by atoms with Crippen molar-refractivity contribution < 1.29 is 23.1 Å². The zero-order chi connectivity index (χ0) is 20.1. The quantitative estimate of drug-likeness (QED) is 0.770. The van der Waals surface area contributed by atoms with Gasteiger partial charge in [0, 0.05) is 23.2 Å². The van der Waals surface area contributed by atoms with Gasteiger partial charge in [0.15, 0.2) is 17.4 Å². The fourth-order valence-corrected chi connectivity index (χ4v) is 3.32. The number of piperidine rings is 1. The van der Waals surface area contributed by atoms with Crippen molar-refractivity contribution in [1.82, 2.24) is 4.90 Å². The predicted octanol–water partition coefficient (Wildman–Crippen LogP) is 3.51. The Kier molecular flexibility index (Phi) is 6.36. The number of benzene rings is 2. The normalized spacial score (nSPS) is 15.2. The van der Waals surface area contributed by atoms with Gasteiger partial charge in [-0.1, -0.05) is 0 Å². The van der Waals surface area contributed by atoms with Crippen LogP contribution >= 0.6 is 0 Å². The summed E-state index contributed by atoms with van der Waals surface area (Å²) in [5.41, 5.74) is 0.879. The Morgan fingerprint density at radius 2 is 1.75 bits per heavy atom. The molecule has 0 radical (unpaired) electrons. The molecule has 0 saturated carbocycles. The SMILES string of the molecule is COc1ccc(C(=O)C2CCN(CC(=O)Nc3ccc(F)c(F)c3)CC2)cc1. The molecular formula is C21H22F2N2O3. The van der Waals surface area contributed by atoms with Crippen LogP contribution in [0.4, 0.5) is 14.5 Å². The molecule has 7 heteroatoms. The van der Waals surface area contributed by atoms with E-state index in [9.17, 15) is 18.4 Å². The number of halogens is 2. The fraction of sp³-hybridized carbons (Fsp3) is 0.333. The van der Waals surface area contributed by atoms with E-state index in [0.29, 0.717) is 37.2 Å². The number of ether oxygens (including phenoxy) is 1. The summed E-state index contributed by atoms with van der Waals surface area (Å²) < 4.78 is 31.3. The van der Waals surface area contributed by atoms with Crippen molar-refractivity contribution in [2.75, 3.05) is 32.1 Å². The number of Topliss-reactive ketones (excluding diaryl/α,β-unsaturated/α-hetero) is 1. The minimum absolute atomic E-state index is 0.0705. The van der Waals surface area contributed by atoms with Gasteiger partial charge in [0.05, 0.1) is 13.7 Å². The summed E-state index contributed by atoms with van der Waals surface area (Å²) in [6.45, 7) is 1.39. The Morgan fingerprint density at radius 1 is 1.07 bits per heavy atom. The third-order valence-corrected chi connectivity index (χ3v) is 4.90. The standard InChI is InChI=1S/C21H22F2N2O3/c1-28-17-5-2-14(3-6-17)21(27)15-8-10-25(11-9-15)13-20(26)24-16-4-7-18(22)19(23)12-16/h2-7,12,15H,8-11,13H2,1H3,(H,24,26). The number of hydrogen-bond acceptors (Lipinski definition) is 4. The lowest BCUT2D eigenvalue weighted by Crippen LogP contribution is -2.40. The van der Waals surface area contributed by atoms with E-state index >= 15 is 0 Å². The van der Waals surface area contributed by atoms with Crippen molar-refractivity contribution in [2.45, 2.75) is 12.8 Å². The minimum Gasteiger partial charge on any atom is -0.497 e. The van der Waals surface area contributed by atoms with E-state index < -0.39 is 11.6 Å².